The van der Waals surface area contributed by atoms with Crippen molar-refractivity contribution in [2.24, 2.45) is 0 Å². The number of aromatic nitrogens is 2. The van der Waals surface area contributed by atoms with Gasteiger partial charge >= 0.3 is 0 Å². The lowest BCUT2D eigenvalue weighted by atomic mass is 10.3. The SMILES string of the molecule is CCn1cc(N)c(C(=O)NCCCCN(C)C)n1. The molecule has 1 rings (SSSR count). The van der Waals surface area contributed by atoms with Crippen LogP contribution in [0.5, 0.6) is 0 Å². The van der Waals surface area contributed by atoms with Crippen molar-refractivity contribution in [3.05, 3.63) is 11.9 Å². The van der Waals surface area contributed by atoms with Gasteiger partial charge in [-0.05, 0) is 40.4 Å². The molecule has 0 radical (unpaired) electrons. The van der Waals surface area contributed by atoms with E-state index in [1.165, 1.54) is 0 Å². The van der Waals surface area contributed by atoms with E-state index in [2.05, 4.69) is 15.3 Å². The number of rotatable bonds is 7. The Morgan fingerprint density at radius 3 is 2.78 bits per heavy atom. The molecule has 1 heterocycles. The predicted octanol–water partition coefficient (Wildman–Crippen LogP) is 0.557. The third-order valence-corrected chi connectivity index (χ3v) is 2.65. The van der Waals surface area contributed by atoms with Crippen molar-refractivity contribution in [1.82, 2.24) is 20.0 Å². The number of nitrogens with two attached hydrogens (primary N) is 1. The number of unbranched alkanes of at least 4 members (excludes halogenated alkanes) is 1. The summed E-state index contributed by atoms with van der Waals surface area (Å²) in [5, 5.41) is 6.96. The number of amides is 1. The molecule has 0 aliphatic heterocycles. The van der Waals surface area contributed by atoms with Gasteiger partial charge in [-0.2, -0.15) is 5.10 Å². The van der Waals surface area contributed by atoms with Crippen LogP contribution in [-0.2, 0) is 6.54 Å². The van der Waals surface area contributed by atoms with Gasteiger partial charge in [0.05, 0.1) is 5.69 Å². The van der Waals surface area contributed by atoms with Gasteiger partial charge in [-0.25, -0.2) is 0 Å². The van der Waals surface area contributed by atoms with Crippen LogP contribution in [0, 0.1) is 0 Å². The number of hydrogen-bond donors (Lipinski definition) is 2. The second-order valence-corrected chi connectivity index (χ2v) is 4.56. The molecule has 0 aliphatic carbocycles. The Morgan fingerprint density at radius 1 is 1.50 bits per heavy atom. The summed E-state index contributed by atoms with van der Waals surface area (Å²) >= 11 is 0. The van der Waals surface area contributed by atoms with E-state index in [4.69, 9.17) is 5.73 Å². The van der Waals surface area contributed by atoms with Crippen molar-refractivity contribution in [3.8, 4) is 0 Å². The highest BCUT2D eigenvalue weighted by atomic mass is 16.1. The van der Waals surface area contributed by atoms with Crippen LogP contribution in [0.3, 0.4) is 0 Å². The maximum atomic E-state index is 11.8. The molecule has 6 heteroatoms. The van der Waals surface area contributed by atoms with Crippen LogP contribution in [0.2, 0.25) is 0 Å². The molecule has 1 aromatic heterocycles. The lowest BCUT2D eigenvalue weighted by Crippen LogP contribution is -2.26. The van der Waals surface area contributed by atoms with Gasteiger partial charge in [-0.3, -0.25) is 9.48 Å². The second kappa shape index (κ2) is 7.00. The zero-order chi connectivity index (χ0) is 13.5. The van der Waals surface area contributed by atoms with Crippen LogP contribution < -0.4 is 11.1 Å². The largest absolute Gasteiger partial charge is 0.396 e. The first-order chi connectivity index (χ1) is 8.54. The number of carbonyl (C=O) groups is 1. The number of aryl methyl sites for hydroxylation is 1. The van der Waals surface area contributed by atoms with E-state index < -0.39 is 0 Å². The minimum absolute atomic E-state index is 0.190. The number of anilines is 1. The Kier molecular flexibility index (Phi) is 5.64. The topological polar surface area (TPSA) is 76.2 Å². The monoisotopic (exact) mass is 253 g/mol. The number of nitrogen functional groups attached to an aromatic ring is 1. The molecule has 6 nitrogen and oxygen atoms in total. The van der Waals surface area contributed by atoms with Crippen LogP contribution in [-0.4, -0.2) is 47.8 Å². The molecule has 3 N–H and O–H groups in total. The minimum atomic E-state index is -0.190. The molecular weight excluding hydrogens is 230 g/mol. The highest BCUT2D eigenvalue weighted by molar-refractivity contribution is 5.96. The fraction of sp³-hybridized carbons (Fsp3) is 0.667. The lowest BCUT2D eigenvalue weighted by molar-refractivity contribution is 0.0948. The Balaban J connectivity index is 2.34. The van der Waals surface area contributed by atoms with E-state index in [1.807, 2.05) is 21.0 Å². The van der Waals surface area contributed by atoms with Crippen LogP contribution >= 0.6 is 0 Å². The number of hydrogen-bond acceptors (Lipinski definition) is 4. The molecule has 0 unspecified atom stereocenters. The molecule has 1 aromatic rings. The zero-order valence-corrected chi connectivity index (χ0v) is 11.4. The summed E-state index contributed by atoms with van der Waals surface area (Å²) in [7, 11) is 4.08. The van der Waals surface area contributed by atoms with Gasteiger partial charge in [0.2, 0.25) is 0 Å². The van der Waals surface area contributed by atoms with Crippen molar-refractivity contribution < 1.29 is 4.79 Å². The maximum Gasteiger partial charge on any atom is 0.273 e. The third kappa shape index (κ3) is 4.37. The van der Waals surface area contributed by atoms with Gasteiger partial charge in [-0.1, -0.05) is 0 Å². The first-order valence-corrected chi connectivity index (χ1v) is 6.30. The molecule has 0 spiro atoms. The Hall–Kier alpha value is -1.56. The van der Waals surface area contributed by atoms with E-state index >= 15 is 0 Å². The molecule has 0 saturated heterocycles. The van der Waals surface area contributed by atoms with Gasteiger partial charge in [-0.15, -0.1) is 0 Å². The number of nitrogens with zero attached hydrogens (tertiary/aromatic N) is 3. The van der Waals surface area contributed by atoms with Crippen molar-refractivity contribution in [2.75, 3.05) is 32.9 Å². The zero-order valence-electron chi connectivity index (χ0n) is 11.4. The van der Waals surface area contributed by atoms with Crippen molar-refractivity contribution in [1.29, 1.82) is 0 Å². The normalized spacial score (nSPS) is 10.9. The highest BCUT2D eigenvalue weighted by Gasteiger charge is 2.13. The summed E-state index contributed by atoms with van der Waals surface area (Å²) in [4.78, 5) is 13.9. The first-order valence-electron chi connectivity index (χ1n) is 6.30. The summed E-state index contributed by atoms with van der Waals surface area (Å²) < 4.78 is 1.66. The molecule has 0 atom stereocenters. The van der Waals surface area contributed by atoms with E-state index in [0.29, 0.717) is 24.5 Å². The smallest absolute Gasteiger partial charge is 0.273 e. The van der Waals surface area contributed by atoms with Crippen LogP contribution in [0.1, 0.15) is 30.3 Å². The molecular formula is C12H23N5O. The van der Waals surface area contributed by atoms with Gasteiger partial charge < -0.3 is 16.0 Å². The van der Waals surface area contributed by atoms with Gasteiger partial charge in [0.25, 0.3) is 5.91 Å². The van der Waals surface area contributed by atoms with Gasteiger partial charge in [0.15, 0.2) is 5.69 Å². The molecule has 0 saturated carbocycles. The van der Waals surface area contributed by atoms with Crippen molar-refractivity contribution in [3.63, 3.8) is 0 Å². The molecule has 0 aliphatic rings. The summed E-state index contributed by atoms with van der Waals surface area (Å²) in [6.07, 6.45) is 3.70. The van der Waals surface area contributed by atoms with Crippen LogP contribution in [0.25, 0.3) is 0 Å². The fourth-order valence-electron chi connectivity index (χ4n) is 1.61. The molecule has 18 heavy (non-hydrogen) atoms. The first kappa shape index (κ1) is 14.5. The predicted molar refractivity (Wildman–Crippen MR) is 72.4 cm³/mol. The van der Waals surface area contributed by atoms with E-state index in [1.54, 1.807) is 10.9 Å². The summed E-state index contributed by atoms with van der Waals surface area (Å²) in [5.41, 5.74) is 6.49. The van der Waals surface area contributed by atoms with Crippen molar-refractivity contribution >= 4 is 11.6 Å². The Bertz CT molecular complexity index is 386. The number of nitrogens with one attached hydrogen (secondary N) is 1. The Morgan fingerprint density at radius 2 is 2.22 bits per heavy atom. The van der Waals surface area contributed by atoms with E-state index in [-0.39, 0.29) is 5.91 Å². The minimum Gasteiger partial charge on any atom is -0.396 e. The quantitative estimate of drug-likeness (QED) is 0.696. The summed E-state index contributed by atoms with van der Waals surface area (Å²) in [5.74, 6) is -0.190. The Labute approximate surface area is 108 Å². The molecule has 0 aromatic carbocycles. The van der Waals surface area contributed by atoms with Crippen molar-refractivity contribution in [2.45, 2.75) is 26.3 Å². The average Bonchev–Trinajstić information content (AvgIpc) is 2.69. The van der Waals surface area contributed by atoms with Crippen LogP contribution in [0.15, 0.2) is 6.20 Å². The number of carbonyl (C=O) groups excluding carboxylic acids is 1. The maximum absolute atomic E-state index is 11.8. The fourth-order valence-corrected chi connectivity index (χ4v) is 1.61. The average molecular weight is 253 g/mol. The summed E-state index contributed by atoms with van der Waals surface area (Å²) in [6, 6.07) is 0. The van der Waals surface area contributed by atoms with Crippen LogP contribution in [0.4, 0.5) is 5.69 Å². The summed E-state index contributed by atoms with van der Waals surface area (Å²) in [6.45, 7) is 4.35. The third-order valence-electron chi connectivity index (χ3n) is 2.65. The molecule has 0 bridgehead atoms. The lowest BCUT2D eigenvalue weighted by Gasteiger charge is -2.09. The molecule has 0 fully saturated rings. The standard InChI is InChI=1S/C12H23N5O/c1-4-17-9-10(13)11(15-17)12(18)14-7-5-6-8-16(2)3/h9H,4-8,13H2,1-3H3,(H,14,18). The molecule has 102 valence electrons. The second-order valence-electron chi connectivity index (χ2n) is 4.56. The highest BCUT2D eigenvalue weighted by Crippen LogP contribution is 2.08. The van der Waals surface area contributed by atoms with Gasteiger partial charge in [0, 0.05) is 19.3 Å². The van der Waals surface area contributed by atoms with E-state index in [0.717, 1.165) is 19.4 Å². The van der Waals surface area contributed by atoms with E-state index in [9.17, 15) is 4.79 Å². The van der Waals surface area contributed by atoms with Gasteiger partial charge in [0.1, 0.15) is 0 Å². The molecule has 1 amide bonds.